The summed E-state index contributed by atoms with van der Waals surface area (Å²) in [4.78, 5) is 16.2. The quantitative estimate of drug-likeness (QED) is 0.838. The van der Waals surface area contributed by atoms with Gasteiger partial charge in [-0.1, -0.05) is 6.07 Å². The monoisotopic (exact) mass is 259 g/mol. The molecule has 3 rings (SSSR count). The molecule has 1 aliphatic heterocycles. The molecule has 5 nitrogen and oxygen atoms in total. The topological polar surface area (TPSA) is 49.0 Å². The molecule has 1 aliphatic rings. The SMILES string of the molecule is O=c1ccn(-c2ccccn2)n1CCC1CCCO1. The van der Waals surface area contributed by atoms with Crippen molar-refractivity contribution in [3.8, 4) is 5.82 Å². The van der Waals surface area contributed by atoms with Gasteiger partial charge in [-0.05, 0) is 31.4 Å². The third-order valence-corrected chi connectivity index (χ3v) is 3.44. The van der Waals surface area contributed by atoms with Gasteiger partial charge in [-0.25, -0.2) is 14.3 Å². The minimum absolute atomic E-state index is 0.00338. The second kappa shape index (κ2) is 5.40. The highest BCUT2D eigenvalue weighted by atomic mass is 16.5. The number of ether oxygens (including phenoxy) is 1. The van der Waals surface area contributed by atoms with Crippen molar-refractivity contribution in [3.63, 3.8) is 0 Å². The van der Waals surface area contributed by atoms with Gasteiger partial charge in [0.2, 0.25) is 0 Å². The average Bonchev–Trinajstić information content (AvgIpc) is 3.07. The molecule has 0 amide bonds. The van der Waals surface area contributed by atoms with Crippen LogP contribution in [0.15, 0.2) is 41.5 Å². The van der Waals surface area contributed by atoms with E-state index in [0.29, 0.717) is 12.6 Å². The van der Waals surface area contributed by atoms with Gasteiger partial charge >= 0.3 is 0 Å². The third kappa shape index (κ3) is 2.61. The van der Waals surface area contributed by atoms with Gasteiger partial charge in [-0.2, -0.15) is 0 Å². The summed E-state index contributed by atoms with van der Waals surface area (Å²) in [6.45, 7) is 1.51. The Morgan fingerprint density at radius 3 is 3.05 bits per heavy atom. The van der Waals surface area contributed by atoms with Crippen LogP contribution in [0, 0.1) is 0 Å². The zero-order chi connectivity index (χ0) is 13.1. The maximum absolute atomic E-state index is 11.9. The molecule has 1 fully saturated rings. The summed E-state index contributed by atoms with van der Waals surface area (Å²) in [5.74, 6) is 0.761. The number of aromatic nitrogens is 3. The minimum atomic E-state index is 0.00338. The molecule has 100 valence electrons. The molecule has 5 heteroatoms. The van der Waals surface area contributed by atoms with Gasteiger partial charge in [0.05, 0.1) is 6.10 Å². The van der Waals surface area contributed by atoms with E-state index in [9.17, 15) is 4.79 Å². The maximum Gasteiger partial charge on any atom is 0.266 e. The lowest BCUT2D eigenvalue weighted by Gasteiger charge is -2.13. The summed E-state index contributed by atoms with van der Waals surface area (Å²) >= 11 is 0. The fourth-order valence-electron chi connectivity index (χ4n) is 2.45. The summed E-state index contributed by atoms with van der Waals surface area (Å²) in [6.07, 6.45) is 6.88. The second-order valence-corrected chi connectivity index (χ2v) is 4.73. The molecule has 0 aromatic carbocycles. The van der Waals surface area contributed by atoms with E-state index < -0.39 is 0 Å². The first kappa shape index (κ1) is 12.2. The number of nitrogens with zero attached hydrogens (tertiary/aromatic N) is 3. The fourth-order valence-corrected chi connectivity index (χ4v) is 2.45. The predicted molar refractivity (Wildman–Crippen MR) is 71.4 cm³/mol. The van der Waals surface area contributed by atoms with Crippen molar-refractivity contribution < 1.29 is 4.74 Å². The number of hydrogen-bond acceptors (Lipinski definition) is 3. The van der Waals surface area contributed by atoms with Crippen LogP contribution in [0.5, 0.6) is 0 Å². The third-order valence-electron chi connectivity index (χ3n) is 3.44. The Kier molecular flexibility index (Phi) is 3.46. The van der Waals surface area contributed by atoms with Crippen molar-refractivity contribution >= 4 is 0 Å². The second-order valence-electron chi connectivity index (χ2n) is 4.73. The van der Waals surface area contributed by atoms with Crippen LogP contribution in [0.1, 0.15) is 19.3 Å². The van der Waals surface area contributed by atoms with Crippen LogP contribution in [-0.4, -0.2) is 27.1 Å². The largest absolute Gasteiger partial charge is 0.378 e. The average molecular weight is 259 g/mol. The van der Waals surface area contributed by atoms with E-state index >= 15 is 0 Å². The molecular weight excluding hydrogens is 242 g/mol. The molecular formula is C14H17N3O2. The van der Waals surface area contributed by atoms with Crippen LogP contribution in [0.25, 0.3) is 5.82 Å². The van der Waals surface area contributed by atoms with Crippen molar-refractivity contribution in [3.05, 3.63) is 47.0 Å². The van der Waals surface area contributed by atoms with Crippen molar-refractivity contribution in [2.75, 3.05) is 6.61 Å². The van der Waals surface area contributed by atoms with Crippen molar-refractivity contribution in [1.29, 1.82) is 0 Å². The summed E-state index contributed by atoms with van der Waals surface area (Å²) in [5.41, 5.74) is 0.00338. The molecule has 1 unspecified atom stereocenters. The zero-order valence-electron chi connectivity index (χ0n) is 10.7. The highest BCUT2D eigenvalue weighted by Crippen LogP contribution is 2.16. The van der Waals surface area contributed by atoms with E-state index in [1.165, 1.54) is 0 Å². The summed E-state index contributed by atoms with van der Waals surface area (Å²) in [5, 5.41) is 0. The van der Waals surface area contributed by atoms with Crippen LogP contribution < -0.4 is 5.56 Å². The molecule has 19 heavy (non-hydrogen) atoms. The first-order valence-corrected chi connectivity index (χ1v) is 6.66. The van der Waals surface area contributed by atoms with Crippen LogP contribution in [0.3, 0.4) is 0 Å². The molecule has 0 aliphatic carbocycles. The molecule has 3 heterocycles. The molecule has 1 saturated heterocycles. The Bertz CT molecular complexity index is 582. The first-order chi connectivity index (χ1) is 9.34. The van der Waals surface area contributed by atoms with Crippen molar-refractivity contribution in [2.45, 2.75) is 31.9 Å². The van der Waals surface area contributed by atoms with E-state index in [-0.39, 0.29) is 5.56 Å². The number of rotatable bonds is 4. The van der Waals surface area contributed by atoms with E-state index in [1.54, 1.807) is 27.8 Å². The first-order valence-electron chi connectivity index (χ1n) is 6.66. The van der Waals surface area contributed by atoms with Crippen LogP contribution in [0.4, 0.5) is 0 Å². The maximum atomic E-state index is 11.9. The van der Waals surface area contributed by atoms with Crippen molar-refractivity contribution in [1.82, 2.24) is 14.3 Å². The van der Waals surface area contributed by atoms with Crippen LogP contribution in [-0.2, 0) is 11.3 Å². The smallest absolute Gasteiger partial charge is 0.266 e. The van der Waals surface area contributed by atoms with Gasteiger partial charge < -0.3 is 4.74 Å². The highest BCUT2D eigenvalue weighted by Gasteiger charge is 2.16. The Morgan fingerprint density at radius 2 is 2.32 bits per heavy atom. The summed E-state index contributed by atoms with van der Waals surface area (Å²) < 4.78 is 9.11. The molecule has 0 N–H and O–H groups in total. The molecule has 0 spiro atoms. The molecule has 2 aromatic heterocycles. The summed E-state index contributed by atoms with van der Waals surface area (Å²) in [7, 11) is 0. The minimum Gasteiger partial charge on any atom is -0.378 e. The molecule has 2 aromatic rings. The van der Waals surface area contributed by atoms with Gasteiger partial charge in [0, 0.05) is 31.6 Å². The number of pyridine rings is 1. The zero-order valence-corrected chi connectivity index (χ0v) is 10.7. The van der Waals surface area contributed by atoms with E-state index in [2.05, 4.69) is 4.98 Å². The van der Waals surface area contributed by atoms with Gasteiger partial charge in [0.15, 0.2) is 5.82 Å². The predicted octanol–water partition coefficient (Wildman–Crippen LogP) is 1.60. The Labute approximate surface area is 111 Å². The summed E-state index contributed by atoms with van der Waals surface area (Å²) in [6, 6.07) is 7.24. The lowest BCUT2D eigenvalue weighted by atomic mass is 10.2. The van der Waals surface area contributed by atoms with Gasteiger partial charge in [0.25, 0.3) is 5.56 Å². The molecule has 0 radical (unpaired) electrons. The molecule has 0 saturated carbocycles. The molecule has 0 bridgehead atoms. The van der Waals surface area contributed by atoms with E-state index in [4.69, 9.17) is 4.74 Å². The van der Waals surface area contributed by atoms with Crippen LogP contribution >= 0.6 is 0 Å². The van der Waals surface area contributed by atoms with Gasteiger partial charge in [-0.3, -0.25) is 4.79 Å². The Hall–Kier alpha value is -1.88. The highest BCUT2D eigenvalue weighted by molar-refractivity contribution is 5.20. The van der Waals surface area contributed by atoms with E-state index in [1.807, 2.05) is 18.2 Å². The molecule has 1 atom stereocenters. The normalized spacial score (nSPS) is 18.8. The lowest BCUT2D eigenvalue weighted by molar-refractivity contribution is 0.0986. The van der Waals surface area contributed by atoms with E-state index in [0.717, 1.165) is 31.7 Å². The Morgan fingerprint density at radius 1 is 1.37 bits per heavy atom. The van der Waals surface area contributed by atoms with Crippen LogP contribution in [0.2, 0.25) is 0 Å². The van der Waals surface area contributed by atoms with Gasteiger partial charge in [0.1, 0.15) is 0 Å². The standard InChI is InChI=1S/C14H17N3O2/c18-14-7-10-16(13-5-1-2-8-15-13)17(14)9-6-12-4-3-11-19-12/h1-2,5,7-8,10,12H,3-4,6,9,11H2. The van der Waals surface area contributed by atoms with Gasteiger partial charge in [-0.15, -0.1) is 0 Å². The number of hydrogen-bond donors (Lipinski definition) is 0. The lowest BCUT2D eigenvalue weighted by Crippen LogP contribution is -2.24. The van der Waals surface area contributed by atoms with Crippen molar-refractivity contribution in [2.24, 2.45) is 0 Å². The Balaban J connectivity index is 1.80. The fraction of sp³-hybridized carbons (Fsp3) is 0.429.